The molecule has 0 saturated heterocycles. The van der Waals surface area contributed by atoms with Crippen molar-refractivity contribution in [3.8, 4) is 11.6 Å². The molecular weight excluding hydrogens is 370 g/mol. The summed E-state index contributed by atoms with van der Waals surface area (Å²) >= 11 is 6.44. The predicted octanol–water partition coefficient (Wildman–Crippen LogP) is 3.47. The summed E-state index contributed by atoms with van der Waals surface area (Å²) in [6, 6.07) is 5.50. The first kappa shape index (κ1) is 11.7. The number of nitro groups is 1. The third-order valence-electron chi connectivity index (χ3n) is 2.57. The molecule has 0 radical (unpaired) electrons. The molecule has 1 aliphatic rings. The van der Waals surface area contributed by atoms with E-state index in [4.69, 9.17) is 4.74 Å². The van der Waals surface area contributed by atoms with Crippen LogP contribution in [0.15, 0.2) is 27.3 Å². The fraction of sp³-hybridized carbons (Fsp3) is 0.100. The minimum absolute atomic E-state index is 0.149. The van der Waals surface area contributed by atoms with Crippen LogP contribution in [0.3, 0.4) is 0 Å². The Labute approximate surface area is 118 Å². The second-order valence-corrected chi connectivity index (χ2v) is 5.38. The van der Waals surface area contributed by atoms with Crippen molar-refractivity contribution in [2.75, 3.05) is 0 Å². The lowest BCUT2D eigenvalue weighted by molar-refractivity contribution is -0.386. The van der Waals surface area contributed by atoms with Gasteiger partial charge in [0.05, 0.1) is 11.5 Å². The number of fused-ring (bicyclic) bond motifs is 2. The Morgan fingerprint density at radius 3 is 2.94 bits per heavy atom. The van der Waals surface area contributed by atoms with Crippen LogP contribution in [0.5, 0.6) is 11.6 Å². The molecule has 0 atom stereocenters. The third-order valence-corrected chi connectivity index (χ3v) is 3.60. The highest BCUT2D eigenvalue weighted by atomic mass is 79.9. The Bertz CT molecular complexity index is 669. The first-order valence-electron chi connectivity index (χ1n) is 4.93. The van der Waals surface area contributed by atoms with Gasteiger partial charge >= 0.3 is 5.69 Å². The van der Waals surface area contributed by atoms with Crippen LogP contribution in [0.25, 0.3) is 0 Å². The SMILES string of the molecule is O=[N+]([O-])c1c(Br)nn2c1Oc1ccc(Br)cc1C2. The van der Waals surface area contributed by atoms with Crippen LogP contribution in [0, 0.1) is 10.1 Å². The van der Waals surface area contributed by atoms with Crippen LogP contribution in [0.4, 0.5) is 5.69 Å². The molecule has 1 aliphatic heterocycles. The van der Waals surface area contributed by atoms with E-state index in [-0.39, 0.29) is 16.2 Å². The van der Waals surface area contributed by atoms with Crippen molar-refractivity contribution in [3.05, 3.63) is 43.0 Å². The van der Waals surface area contributed by atoms with Crippen molar-refractivity contribution in [2.24, 2.45) is 0 Å². The summed E-state index contributed by atoms with van der Waals surface area (Å²) in [5, 5.41) is 15.0. The van der Waals surface area contributed by atoms with Gasteiger partial charge in [-0.15, -0.1) is 0 Å². The molecule has 0 spiro atoms. The van der Waals surface area contributed by atoms with Crippen LogP contribution < -0.4 is 4.74 Å². The van der Waals surface area contributed by atoms with Gasteiger partial charge in [-0.1, -0.05) is 15.9 Å². The van der Waals surface area contributed by atoms with Crippen molar-refractivity contribution in [1.82, 2.24) is 9.78 Å². The highest BCUT2D eigenvalue weighted by molar-refractivity contribution is 9.10. The van der Waals surface area contributed by atoms with Crippen molar-refractivity contribution in [3.63, 3.8) is 0 Å². The topological polar surface area (TPSA) is 70.2 Å². The van der Waals surface area contributed by atoms with Crippen molar-refractivity contribution in [2.45, 2.75) is 6.54 Å². The zero-order valence-corrected chi connectivity index (χ0v) is 11.9. The smallest absolute Gasteiger partial charge is 0.365 e. The average Bonchev–Trinajstić information content (AvgIpc) is 2.60. The maximum absolute atomic E-state index is 11.0. The number of aromatic nitrogens is 2. The fourth-order valence-electron chi connectivity index (χ4n) is 1.81. The molecule has 0 unspecified atom stereocenters. The van der Waals surface area contributed by atoms with Gasteiger partial charge in [-0.3, -0.25) is 10.1 Å². The normalized spacial score (nSPS) is 12.6. The number of hydrogen-bond donors (Lipinski definition) is 0. The lowest BCUT2D eigenvalue weighted by atomic mass is 10.2. The summed E-state index contributed by atoms with van der Waals surface area (Å²) in [5.74, 6) is 0.767. The molecular formula is C10H5Br2N3O3. The Morgan fingerprint density at radius 1 is 1.44 bits per heavy atom. The molecule has 0 bridgehead atoms. The van der Waals surface area contributed by atoms with Crippen molar-refractivity contribution < 1.29 is 9.66 Å². The first-order chi connectivity index (χ1) is 8.56. The number of benzene rings is 1. The molecule has 0 aliphatic carbocycles. The van der Waals surface area contributed by atoms with Crippen LogP contribution in [0.1, 0.15) is 5.56 Å². The van der Waals surface area contributed by atoms with E-state index in [1.54, 1.807) is 6.07 Å². The molecule has 0 fully saturated rings. The monoisotopic (exact) mass is 373 g/mol. The molecule has 2 aromatic rings. The summed E-state index contributed by atoms with van der Waals surface area (Å²) in [6.45, 7) is 0.441. The lowest BCUT2D eigenvalue weighted by Gasteiger charge is -2.17. The highest BCUT2D eigenvalue weighted by Crippen LogP contribution is 2.42. The third kappa shape index (κ3) is 1.72. The predicted molar refractivity (Wildman–Crippen MR) is 69.9 cm³/mol. The summed E-state index contributed by atoms with van der Waals surface area (Å²) < 4.78 is 8.12. The van der Waals surface area contributed by atoms with E-state index in [1.165, 1.54) is 4.68 Å². The number of halogens is 2. The molecule has 0 N–H and O–H groups in total. The molecule has 0 amide bonds. The molecule has 1 aromatic heterocycles. The Morgan fingerprint density at radius 2 is 2.22 bits per heavy atom. The zero-order chi connectivity index (χ0) is 12.9. The summed E-state index contributed by atoms with van der Waals surface area (Å²) in [5.41, 5.74) is 0.769. The number of ether oxygens (including phenoxy) is 1. The van der Waals surface area contributed by atoms with E-state index in [0.717, 1.165) is 10.0 Å². The van der Waals surface area contributed by atoms with E-state index in [0.29, 0.717) is 12.3 Å². The van der Waals surface area contributed by atoms with Crippen LogP contribution >= 0.6 is 31.9 Å². The van der Waals surface area contributed by atoms with Crippen LogP contribution in [-0.4, -0.2) is 14.7 Å². The number of nitrogens with zero attached hydrogens (tertiary/aromatic N) is 3. The molecule has 18 heavy (non-hydrogen) atoms. The van der Waals surface area contributed by atoms with Crippen molar-refractivity contribution >= 4 is 37.5 Å². The minimum atomic E-state index is -0.507. The summed E-state index contributed by atoms with van der Waals surface area (Å²) in [7, 11) is 0. The van der Waals surface area contributed by atoms with E-state index in [1.807, 2.05) is 12.1 Å². The molecule has 3 rings (SSSR count). The summed E-state index contributed by atoms with van der Waals surface area (Å²) in [6.07, 6.45) is 0. The van der Waals surface area contributed by atoms with Crippen LogP contribution in [-0.2, 0) is 6.54 Å². The van der Waals surface area contributed by atoms with Crippen LogP contribution in [0.2, 0.25) is 0 Å². The van der Waals surface area contributed by atoms with E-state index >= 15 is 0 Å². The van der Waals surface area contributed by atoms with Gasteiger partial charge in [0.1, 0.15) is 5.75 Å². The largest absolute Gasteiger partial charge is 0.433 e. The zero-order valence-electron chi connectivity index (χ0n) is 8.76. The maximum Gasteiger partial charge on any atom is 0.365 e. The van der Waals surface area contributed by atoms with Gasteiger partial charge in [-0.25, -0.2) is 4.68 Å². The second-order valence-electron chi connectivity index (χ2n) is 3.71. The average molecular weight is 375 g/mol. The Kier molecular flexibility index (Phi) is 2.63. The van der Waals surface area contributed by atoms with Gasteiger partial charge in [0.15, 0.2) is 0 Å². The van der Waals surface area contributed by atoms with Gasteiger partial charge in [0.25, 0.3) is 5.88 Å². The number of rotatable bonds is 1. The molecule has 2 heterocycles. The molecule has 1 aromatic carbocycles. The molecule has 8 heteroatoms. The quantitative estimate of drug-likeness (QED) is 0.483. The van der Waals surface area contributed by atoms with E-state index in [9.17, 15) is 10.1 Å². The standard InChI is InChI=1S/C10H5Br2N3O3/c11-6-1-2-7-5(3-6)4-14-10(18-7)8(15(16)17)9(12)13-14/h1-3H,4H2. The molecule has 0 saturated carbocycles. The van der Waals surface area contributed by atoms with E-state index in [2.05, 4.69) is 37.0 Å². The van der Waals surface area contributed by atoms with E-state index < -0.39 is 4.92 Å². The fourth-order valence-corrected chi connectivity index (χ4v) is 2.72. The van der Waals surface area contributed by atoms with Gasteiger partial charge < -0.3 is 4.74 Å². The van der Waals surface area contributed by atoms with Gasteiger partial charge in [-0.05, 0) is 34.1 Å². The first-order valence-corrected chi connectivity index (χ1v) is 6.52. The lowest BCUT2D eigenvalue weighted by Crippen LogP contribution is -2.11. The van der Waals surface area contributed by atoms with Gasteiger partial charge in [-0.2, -0.15) is 5.10 Å². The van der Waals surface area contributed by atoms with Gasteiger partial charge in [0, 0.05) is 10.0 Å². The van der Waals surface area contributed by atoms with Gasteiger partial charge in [0.2, 0.25) is 4.60 Å². The Balaban J connectivity index is 2.13. The second kappa shape index (κ2) is 4.06. The maximum atomic E-state index is 11.0. The highest BCUT2D eigenvalue weighted by Gasteiger charge is 2.32. The number of hydrogen-bond acceptors (Lipinski definition) is 4. The summed E-state index contributed by atoms with van der Waals surface area (Å²) in [4.78, 5) is 10.4. The minimum Gasteiger partial charge on any atom is -0.433 e. The molecule has 6 nitrogen and oxygen atoms in total. The van der Waals surface area contributed by atoms with Crippen molar-refractivity contribution in [1.29, 1.82) is 0 Å². The Hall–Kier alpha value is -1.41. The molecule has 92 valence electrons.